The minimum atomic E-state index is -0.671. The second-order valence-corrected chi connectivity index (χ2v) is 5.96. The molecule has 0 bridgehead atoms. The molecule has 19 heavy (non-hydrogen) atoms. The second-order valence-electron chi connectivity index (χ2n) is 5.96. The van der Waals surface area contributed by atoms with Crippen LogP contribution in [0.2, 0.25) is 0 Å². The number of hydrogen-bond acceptors (Lipinski definition) is 4. The Labute approximate surface area is 115 Å². The van der Waals surface area contributed by atoms with Crippen LogP contribution in [0.25, 0.3) is 0 Å². The minimum absolute atomic E-state index is 0.0149. The van der Waals surface area contributed by atoms with Crippen LogP contribution >= 0.6 is 0 Å². The Morgan fingerprint density at radius 2 is 2.21 bits per heavy atom. The van der Waals surface area contributed by atoms with Crippen molar-refractivity contribution >= 4 is 5.91 Å². The predicted molar refractivity (Wildman–Crippen MR) is 73.4 cm³/mol. The van der Waals surface area contributed by atoms with E-state index in [0.717, 1.165) is 38.8 Å². The molecule has 0 aromatic carbocycles. The van der Waals surface area contributed by atoms with Gasteiger partial charge in [0, 0.05) is 12.6 Å². The topological polar surface area (TPSA) is 68.2 Å². The van der Waals surface area contributed by atoms with E-state index in [-0.39, 0.29) is 5.91 Å². The monoisotopic (exact) mass is 264 g/mol. The van der Waals surface area contributed by atoms with Gasteiger partial charge in [-0.3, -0.25) is 9.69 Å². The fraction of sp³-hybridized carbons (Fsp3) is 0.857. The van der Waals surface area contributed by atoms with Crippen LogP contribution in [0.1, 0.15) is 32.6 Å². The van der Waals surface area contributed by atoms with Gasteiger partial charge in [-0.2, -0.15) is 5.26 Å². The molecule has 0 aromatic heterocycles. The Bertz CT molecular complexity index is 374. The van der Waals surface area contributed by atoms with Gasteiger partial charge in [0.15, 0.2) is 0 Å². The molecule has 2 aliphatic rings. The lowest BCUT2D eigenvalue weighted by molar-refractivity contribution is -0.123. The van der Waals surface area contributed by atoms with E-state index in [2.05, 4.69) is 21.6 Å². The number of nitriles is 1. The third-order valence-electron chi connectivity index (χ3n) is 4.31. The quantitative estimate of drug-likeness (QED) is 0.732. The first-order valence-electron chi connectivity index (χ1n) is 7.20. The summed E-state index contributed by atoms with van der Waals surface area (Å²) in [4.78, 5) is 14.4. The van der Waals surface area contributed by atoms with Crippen molar-refractivity contribution in [1.29, 1.82) is 5.26 Å². The summed E-state index contributed by atoms with van der Waals surface area (Å²) in [5, 5.41) is 15.4. The molecule has 1 aliphatic heterocycles. The maximum atomic E-state index is 12.1. The molecule has 5 nitrogen and oxygen atoms in total. The zero-order valence-corrected chi connectivity index (χ0v) is 11.9. The SMILES string of the molecule is CNCC1CCCN1CC(=O)NC(C)(C#N)C1CC1. The van der Waals surface area contributed by atoms with Crippen molar-refractivity contribution in [3.8, 4) is 6.07 Å². The zero-order valence-electron chi connectivity index (χ0n) is 11.9. The number of likely N-dealkylation sites (tertiary alicyclic amines) is 1. The lowest BCUT2D eigenvalue weighted by Gasteiger charge is -2.27. The smallest absolute Gasteiger partial charge is 0.235 e. The van der Waals surface area contributed by atoms with Crippen LogP contribution in [0.5, 0.6) is 0 Å². The van der Waals surface area contributed by atoms with Gasteiger partial charge in [0.05, 0.1) is 12.6 Å². The summed E-state index contributed by atoms with van der Waals surface area (Å²) >= 11 is 0. The summed E-state index contributed by atoms with van der Waals surface area (Å²) in [5.74, 6) is 0.326. The average molecular weight is 264 g/mol. The number of carbonyl (C=O) groups is 1. The molecular formula is C14H24N4O. The van der Waals surface area contributed by atoms with Gasteiger partial charge in [-0.1, -0.05) is 0 Å². The maximum Gasteiger partial charge on any atom is 0.235 e. The predicted octanol–water partition coefficient (Wildman–Crippen LogP) is 0.479. The summed E-state index contributed by atoms with van der Waals surface area (Å²) < 4.78 is 0. The van der Waals surface area contributed by atoms with Crippen molar-refractivity contribution < 1.29 is 4.79 Å². The van der Waals surface area contributed by atoms with Crippen LogP contribution in [0.4, 0.5) is 0 Å². The molecule has 1 saturated heterocycles. The van der Waals surface area contributed by atoms with Crippen molar-refractivity contribution in [1.82, 2.24) is 15.5 Å². The number of amides is 1. The van der Waals surface area contributed by atoms with Gasteiger partial charge in [0.1, 0.15) is 5.54 Å². The molecule has 5 heteroatoms. The summed E-state index contributed by atoms with van der Waals surface area (Å²) in [6, 6.07) is 2.72. The Kier molecular flexibility index (Phi) is 4.43. The van der Waals surface area contributed by atoms with Crippen LogP contribution in [0.3, 0.4) is 0 Å². The van der Waals surface area contributed by atoms with Gasteiger partial charge in [0.2, 0.25) is 5.91 Å². The molecule has 1 saturated carbocycles. The number of rotatable bonds is 6. The van der Waals surface area contributed by atoms with E-state index in [0.29, 0.717) is 18.5 Å². The van der Waals surface area contributed by atoms with Crippen LogP contribution < -0.4 is 10.6 Å². The first-order valence-corrected chi connectivity index (χ1v) is 7.20. The number of carbonyl (C=O) groups excluding carboxylic acids is 1. The molecule has 2 N–H and O–H groups in total. The molecule has 0 radical (unpaired) electrons. The first-order chi connectivity index (χ1) is 9.09. The van der Waals surface area contributed by atoms with Crippen molar-refractivity contribution in [2.45, 2.75) is 44.2 Å². The van der Waals surface area contributed by atoms with Crippen LogP contribution in [0.15, 0.2) is 0 Å². The van der Waals surface area contributed by atoms with Crippen molar-refractivity contribution in [2.24, 2.45) is 5.92 Å². The molecule has 0 spiro atoms. The third-order valence-corrected chi connectivity index (χ3v) is 4.31. The van der Waals surface area contributed by atoms with Crippen molar-refractivity contribution in [3.63, 3.8) is 0 Å². The van der Waals surface area contributed by atoms with Gasteiger partial charge < -0.3 is 10.6 Å². The van der Waals surface area contributed by atoms with Crippen LogP contribution in [0, 0.1) is 17.2 Å². The molecule has 1 aliphatic carbocycles. The van der Waals surface area contributed by atoms with Crippen molar-refractivity contribution in [2.75, 3.05) is 26.7 Å². The summed E-state index contributed by atoms with van der Waals surface area (Å²) in [6.07, 6.45) is 4.40. The van der Waals surface area contributed by atoms with Gasteiger partial charge in [-0.25, -0.2) is 0 Å². The molecule has 106 valence electrons. The highest BCUT2D eigenvalue weighted by molar-refractivity contribution is 5.79. The second kappa shape index (κ2) is 5.89. The molecule has 1 amide bonds. The van der Waals surface area contributed by atoms with Crippen LogP contribution in [-0.4, -0.2) is 49.1 Å². The number of hydrogen-bond donors (Lipinski definition) is 2. The third kappa shape index (κ3) is 3.46. The number of likely N-dealkylation sites (N-methyl/N-ethyl adjacent to an activating group) is 1. The lowest BCUT2D eigenvalue weighted by Crippen LogP contribution is -2.51. The lowest BCUT2D eigenvalue weighted by atomic mass is 9.98. The van der Waals surface area contributed by atoms with Crippen molar-refractivity contribution in [3.05, 3.63) is 0 Å². The van der Waals surface area contributed by atoms with Gasteiger partial charge >= 0.3 is 0 Å². The number of nitrogens with one attached hydrogen (secondary N) is 2. The van der Waals surface area contributed by atoms with E-state index in [4.69, 9.17) is 0 Å². The molecule has 2 atom stereocenters. The zero-order chi connectivity index (χ0) is 13.9. The van der Waals surface area contributed by atoms with E-state index in [1.165, 1.54) is 0 Å². The minimum Gasteiger partial charge on any atom is -0.337 e. The van der Waals surface area contributed by atoms with E-state index < -0.39 is 5.54 Å². The van der Waals surface area contributed by atoms with Gasteiger partial charge in [0.25, 0.3) is 0 Å². The largest absolute Gasteiger partial charge is 0.337 e. The average Bonchev–Trinajstić information content (AvgIpc) is 3.15. The summed E-state index contributed by atoms with van der Waals surface area (Å²) in [5.41, 5.74) is -0.671. The van der Waals surface area contributed by atoms with Crippen LogP contribution in [-0.2, 0) is 4.79 Å². The highest BCUT2D eigenvalue weighted by Gasteiger charge is 2.43. The summed E-state index contributed by atoms with van der Waals surface area (Å²) in [6.45, 7) is 4.16. The van der Waals surface area contributed by atoms with E-state index in [9.17, 15) is 10.1 Å². The first kappa shape index (κ1) is 14.3. The molecular weight excluding hydrogens is 240 g/mol. The number of nitrogens with zero attached hydrogens (tertiary/aromatic N) is 2. The maximum absolute atomic E-state index is 12.1. The molecule has 2 fully saturated rings. The molecule has 0 aromatic rings. The van der Waals surface area contributed by atoms with E-state index >= 15 is 0 Å². The summed E-state index contributed by atoms with van der Waals surface area (Å²) in [7, 11) is 1.94. The normalized spacial score (nSPS) is 26.7. The molecule has 1 heterocycles. The van der Waals surface area contributed by atoms with E-state index in [1.807, 2.05) is 14.0 Å². The fourth-order valence-electron chi connectivity index (χ4n) is 2.97. The fourth-order valence-corrected chi connectivity index (χ4v) is 2.97. The molecule has 2 rings (SSSR count). The van der Waals surface area contributed by atoms with E-state index in [1.54, 1.807) is 0 Å². The Hall–Kier alpha value is -1.12. The molecule has 2 unspecified atom stereocenters. The Balaban J connectivity index is 1.85. The Morgan fingerprint density at radius 1 is 1.47 bits per heavy atom. The van der Waals surface area contributed by atoms with Gasteiger partial charge in [-0.15, -0.1) is 0 Å². The standard InChI is InChI=1S/C14H24N4O/c1-14(10-15,11-5-6-11)17-13(19)9-18-7-3-4-12(18)8-16-2/h11-12,16H,3-9H2,1-2H3,(H,17,19). The van der Waals surface area contributed by atoms with Gasteiger partial charge in [-0.05, 0) is 52.1 Å². The highest BCUT2D eigenvalue weighted by Crippen LogP contribution is 2.39. The Morgan fingerprint density at radius 3 is 2.79 bits per heavy atom. The highest BCUT2D eigenvalue weighted by atomic mass is 16.2.